The molecule has 2 aliphatic rings. The van der Waals surface area contributed by atoms with E-state index in [2.05, 4.69) is 18.1 Å². The Balaban J connectivity index is 2.18. The molecule has 2 aliphatic heterocycles. The Morgan fingerprint density at radius 3 is 2.44 bits per heavy atom. The van der Waals surface area contributed by atoms with E-state index in [0.29, 0.717) is 0 Å². The molecule has 2 saturated heterocycles. The van der Waals surface area contributed by atoms with E-state index in [1.807, 2.05) is 0 Å². The van der Waals surface area contributed by atoms with Crippen LogP contribution in [0.5, 0.6) is 0 Å². The molecule has 0 aromatic rings. The van der Waals surface area contributed by atoms with Gasteiger partial charge in [0.05, 0.1) is 13.2 Å². The predicted octanol–water partition coefficient (Wildman–Crippen LogP) is 2.66. The van der Waals surface area contributed by atoms with Gasteiger partial charge in [-0.1, -0.05) is 20.6 Å². The van der Waals surface area contributed by atoms with E-state index in [1.54, 1.807) is 0 Å². The van der Waals surface area contributed by atoms with E-state index >= 15 is 0 Å². The molecule has 11 heteroatoms. The minimum Gasteiger partial charge on any atom is -0.283 e. The van der Waals surface area contributed by atoms with Crippen molar-refractivity contribution in [2.45, 2.75) is 11.9 Å². The van der Waals surface area contributed by atoms with Gasteiger partial charge in [0.2, 0.25) is 5.56 Å². The van der Waals surface area contributed by atoms with Crippen molar-refractivity contribution in [3.8, 4) is 0 Å². The van der Waals surface area contributed by atoms with Gasteiger partial charge in [-0.2, -0.15) is 0 Å². The standard InChI is InChI=1S/C5H6ClF2O6P2/c6-3-5(4(7)14-15(9)13-3)1-11-16(8,10)12-2-5/h3-4H,1-2H2/q+1. The van der Waals surface area contributed by atoms with E-state index in [0.717, 1.165) is 0 Å². The highest BCUT2D eigenvalue weighted by Gasteiger charge is 2.63. The smallest absolute Gasteiger partial charge is 0.283 e. The third kappa shape index (κ3) is 2.16. The van der Waals surface area contributed by atoms with E-state index < -0.39 is 46.7 Å². The third-order valence-corrected chi connectivity index (χ3v) is 4.50. The summed E-state index contributed by atoms with van der Waals surface area (Å²) in [5, 5.41) is 0. The van der Waals surface area contributed by atoms with E-state index in [1.165, 1.54) is 0 Å². The van der Waals surface area contributed by atoms with Crippen molar-refractivity contribution < 1.29 is 35.8 Å². The van der Waals surface area contributed by atoms with E-state index in [9.17, 15) is 17.7 Å². The van der Waals surface area contributed by atoms with Crippen molar-refractivity contribution in [3.63, 3.8) is 0 Å². The normalized spacial score (nSPS) is 51.8. The van der Waals surface area contributed by atoms with Crippen LogP contribution >= 0.6 is 27.8 Å². The van der Waals surface area contributed by atoms with Crippen molar-refractivity contribution >= 4 is 27.8 Å². The monoisotopic (exact) mass is 297 g/mol. The summed E-state index contributed by atoms with van der Waals surface area (Å²) in [6, 6.07) is 0. The summed E-state index contributed by atoms with van der Waals surface area (Å²) >= 11 is 5.64. The summed E-state index contributed by atoms with van der Waals surface area (Å²) < 4.78 is 65.1. The molecule has 2 rings (SSSR count). The summed E-state index contributed by atoms with van der Waals surface area (Å²) in [4.78, 5) is 0. The lowest BCUT2D eigenvalue weighted by Crippen LogP contribution is -2.52. The molecule has 92 valence electrons. The average Bonchev–Trinajstić information content (AvgIpc) is 2.15. The van der Waals surface area contributed by atoms with Crippen LogP contribution in [0.3, 0.4) is 0 Å². The van der Waals surface area contributed by atoms with Crippen LogP contribution in [-0.4, -0.2) is 25.1 Å². The van der Waals surface area contributed by atoms with Gasteiger partial charge in [0, 0.05) is 4.57 Å². The van der Waals surface area contributed by atoms with Gasteiger partial charge in [-0.15, -0.1) is 4.20 Å². The lowest BCUT2D eigenvalue weighted by molar-refractivity contribution is -0.172. The molecule has 0 bridgehead atoms. The van der Waals surface area contributed by atoms with Crippen LogP contribution in [0, 0.1) is 5.41 Å². The number of hydrogen-bond donors (Lipinski definition) is 0. The predicted molar refractivity (Wildman–Crippen MR) is 47.4 cm³/mol. The summed E-state index contributed by atoms with van der Waals surface area (Å²) in [6.45, 7) is -1.31. The minimum absolute atomic E-state index is 0.653. The summed E-state index contributed by atoms with van der Waals surface area (Å²) in [6.07, 6.45) is -2.12. The molecule has 2 fully saturated rings. The molecule has 0 N–H and O–H groups in total. The largest absolute Gasteiger partial charge is 0.702 e. The Kier molecular flexibility index (Phi) is 3.36. The van der Waals surface area contributed by atoms with Gasteiger partial charge in [0.25, 0.3) is 6.36 Å². The molecule has 0 aliphatic carbocycles. The van der Waals surface area contributed by atoms with Crippen molar-refractivity contribution in [3.05, 3.63) is 0 Å². The fraction of sp³-hybridized carbons (Fsp3) is 1.00. The Hall–Kier alpha value is 0.320. The van der Waals surface area contributed by atoms with E-state index in [4.69, 9.17) is 11.6 Å². The Labute approximate surface area is 94.7 Å². The van der Waals surface area contributed by atoms with Crippen LogP contribution < -0.4 is 0 Å². The molecule has 0 amide bonds. The first kappa shape index (κ1) is 12.8. The fourth-order valence-corrected chi connectivity index (χ4v) is 3.28. The van der Waals surface area contributed by atoms with Crippen LogP contribution in [0.1, 0.15) is 0 Å². The maximum Gasteiger partial charge on any atom is 0.702 e. The quantitative estimate of drug-likeness (QED) is 0.505. The van der Waals surface area contributed by atoms with Gasteiger partial charge in [-0.25, -0.2) is 8.96 Å². The van der Waals surface area contributed by atoms with Crippen molar-refractivity contribution in [2.75, 3.05) is 13.2 Å². The van der Waals surface area contributed by atoms with Crippen LogP contribution in [0.2, 0.25) is 0 Å². The number of halogens is 3. The molecule has 2 heterocycles. The lowest BCUT2D eigenvalue weighted by Gasteiger charge is -2.39. The minimum atomic E-state index is -4.66. The second kappa shape index (κ2) is 4.21. The van der Waals surface area contributed by atoms with Gasteiger partial charge in [-0.3, -0.25) is 9.05 Å². The molecule has 0 saturated carbocycles. The van der Waals surface area contributed by atoms with Gasteiger partial charge >= 0.3 is 16.2 Å². The molecule has 6 nitrogen and oxygen atoms in total. The zero-order chi connectivity index (χ0) is 12.0. The zero-order valence-corrected chi connectivity index (χ0v) is 10.1. The van der Waals surface area contributed by atoms with Gasteiger partial charge < -0.3 is 0 Å². The SMILES string of the molecule is O=[P+]1OC(F)C2(COP(=O)(F)OC2)C(Cl)O1. The van der Waals surface area contributed by atoms with Crippen LogP contribution in [0.15, 0.2) is 0 Å². The van der Waals surface area contributed by atoms with E-state index in [-0.39, 0.29) is 0 Å². The first-order chi connectivity index (χ1) is 7.36. The number of alkyl halides is 2. The Morgan fingerprint density at radius 2 is 1.94 bits per heavy atom. The maximum atomic E-state index is 13.5. The van der Waals surface area contributed by atoms with Gasteiger partial charge in [0.15, 0.2) is 0 Å². The van der Waals surface area contributed by atoms with Crippen LogP contribution in [0.25, 0.3) is 0 Å². The average molecular weight is 297 g/mol. The summed E-state index contributed by atoms with van der Waals surface area (Å²) in [7, 11) is -7.33. The topological polar surface area (TPSA) is 71.1 Å². The van der Waals surface area contributed by atoms with Crippen molar-refractivity contribution in [1.29, 1.82) is 0 Å². The Bertz CT molecular complexity index is 339. The van der Waals surface area contributed by atoms with Gasteiger partial charge in [-0.05, 0) is 0 Å². The fourth-order valence-electron chi connectivity index (χ4n) is 1.22. The van der Waals surface area contributed by atoms with Crippen LogP contribution in [0.4, 0.5) is 8.59 Å². The van der Waals surface area contributed by atoms with Crippen molar-refractivity contribution in [2.24, 2.45) is 5.41 Å². The summed E-state index contributed by atoms with van der Waals surface area (Å²) in [5.41, 5.74) is -3.06. The third-order valence-electron chi connectivity index (χ3n) is 2.24. The molecule has 0 radical (unpaired) electrons. The second-order valence-corrected chi connectivity index (χ2v) is 5.92. The van der Waals surface area contributed by atoms with Crippen LogP contribution in [-0.2, 0) is 27.2 Å². The first-order valence-corrected chi connectivity index (χ1v) is 7.00. The van der Waals surface area contributed by atoms with Gasteiger partial charge in [0.1, 0.15) is 5.41 Å². The molecule has 3 atom stereocenters. The highest BCUT2D eigenvalue weighted by atomic mass is 35.5. The first-order valence-electron chi connectivity index (χ1n) is 4.03. The molecular formula is C5H6ClF2O6P2+. The maximum absolute atomic E-state index is 13.5. The molecule has 3 unspecified atom stereocenters. The second-order valence-electron chi connectivity index (χ2n) is 3.28. The van der Waals surface area contributed by atoms with Crippen molar-refractivity contribution in [1.82, 2.24) is 0 Å². The molecular weight excluding hydrogens is 291 g/mol. The highest BCUT2D eigenvalue weighted by Crippen LogP contribution is 2.60. The lowest BCUT2D eigenvalue weighted by atomic mass is 9.91. The number of rotatable bonds is 0. The molecule has 16 heavy (non-hydrogen) atoms. The summed E-state index contributed by atoms with van der Waals surface area (Å²) in [5.74, 6) is 0. The molecule has 0 aromatic heterocycles. The highest BCUT2D eigenvalue weighted by molar-refractivity contribution is 7.48. The molecule has 0 aromatic carbocycles. The number of hydrogen-bond acceptors (Lipinski definition) is 6. The molecule has 1 spiro atoms. The Morgan fingerprint density at radius 1 is 1.38 bits per heavy atom. The zero-order valence-electron chi connectivity index (χ0n) is 7.55.